The van der Waals surface area contributed by atoms with E-state index < -0.39 is 5.60 Å². The molecule has 3 rings (SSSR count). The first kappa shape index (κ1) is 16.4. The standard InChI is InChI=1S/C18H25FN2O2/c1-23-18(8-10-20-11-9-18)17(22)21(12-14-2-3-14)13-15-4-6-16(19)7-5-15/h4-7,14,20H,2-3,8-13H2,1H3. The Morgan fingerprint density at radius 2 is 1.96 bits per heavy atom. The molecular formula is C18H25FN2O2. The quantitative estimate of drug-likeness (QED) is 0.875. The van der Waals surface area contributed by atoms with Crippen LogP contribution in [0.3, 0.4) is 0 Å². The molecule has 1 amide bonds. The summed E-state index contributed by atoms with van der Waals surface area (Å²) in [5.74, 6) is 0.438. The minimum absolute atomic E-state index is 0.0812. The zero-order chi connectivity index (χ0) is 16.3. The summed E-state index contributed by atoms with van der Waals surface area (Å²) in [7, 11) is 1.64. The second kappa shape index (κ2) is 6.97. The molecule has 0 spiro atoms. The molecule has 1 aliphatic heterocycles. The van der Waals surface area contributed by atoms with E-state index in [2.05, 4.69) is 5.32 Å². The second-order valence-electron chi connectivity index (χ2n) is 6.70. The Morgan fingerprint density at radius 3 is 2.52 bits per heavy atom. The van der Waals surface area contributed by atoms with Gasteiger partial charge in [-0.3, -0.25) is 4.79 Å². The van der Waals surface area contributed by atoms with Crippen molar-refractivity contribution in [2.45, 2.75) is 37.8 Å². The first-order chi connectivity index (χ1) is 11.1. The lowest BCUT2D eigenvalue weighted by Crippen LogP contribution is -2.55. The highest BCUT2D eigenvalue weighted by atomic mass is 19.1. The highest BCUT2D eigenvalue weighted by Crippen LogP contribution is 2.33. The topological polar surface area (TPSA) is 41.6 Å². The van der Waals surface area contributed by atoms with Crippen molar-refractivity contribution in [3.05, 3.63) is 35.6 Å². The average Bonchev–Trinajstić information content (AvgIpc) is 3.40. The lowest BCUT2D eigenvalue weighted by atomic mass is 9.90. The third-order valence-corrected chi connectivity index (χ3v) is 4.94. The summed E-state index contributed by atoms with van der Waals surface area (Å²) in [5.41, 5.74) is 0.251. The molecule has 1 saturated heterocycles. The van der Waals surface area contributed by atoms with Gasteiger partial charge in [0, 0.05) is 20.2 Å². The van der Waals surface area contributed by atoms with E-state index in [0.717, 1.165) is 25.2 Å². The van der Waals surface area contributed by atoms with E-state index in [-0.39, 0.29) is 11.7 Å². The molecule has 0 atom stereocenters. The molecule has 0 aromatic heterocycles. The number of benzene rings is 1. The molecule has 4 nitrogen and oxygen atoms in total. The van der Waals surface area contributed by atoms with Crippen molar-refractivity contribution in [2.75, 3.05) is 26.7 Å². The van der Waals surface area contributed by atoms with Crippen LogP contribution in [0.5, 0.6) is 0 Å². The summed E-state index contributed by atoms with van der Waals surface area (Å²) < 4.78 is 18.8. The number of amides is 1. The molecule has 23 heavy (non-hydrogen) atoms. The van der Waals surface area contributed by atoms with E-state index in [1.54, 1.807) is 19.2 Å². The summed E-state index contributed by atoms with van der Waals surface area (Å²) >= 11 is 0. The van der Waals surface area contributed by atoms with Crippen molar-refractivity contribution in [1.29, 1.82) is 0 Å². The van der Waals surface area contributed by atoms with E-state index in [1.165, 1.54) is 25.0 Å². The van der Waals surface area contributed by atoms with E-state index in [4.69, 9.17) is 4.74 Å². The Morgan fingerprint density at radius 1 is 1.30 bits per heavy atom. The monoisotopic (exact) mass is 320 g/mol. The van der Waals surface area contributed by atoms with Gasteiger partial charge in [-0.2, -0.15) is 0 Å². The van der Waals surface area contributed by atoms with Gasteiger partial charge in [0.15, 0.2) is 0 Å². The van der Waals surface area contributed by atoms with Crippen LogP contribution in [0.25, 0.3) is 0 Å². The zero-order valence-corrected chi connectivity index (χ0v) is 13.7. The van der Waals surface area contributed by atoms with Crippen molar-refractivity contribution < 1.29 is 13.9 Å². The van der Waals surface area contributed by atoms with Gasteiger partial charge in [0.25, 0.3) is 5.91 Å². The second-order valence-corrected chi connectivity index (χ2v) is 6.70. The van der Waals surface area contributed by atoms with Gasteiger partial charge in [0.05, 0.1) is 0 Å². The highest BCUT2D eigenvalue weighted by Gasteiger charge is 2.43. The van der Waals surface area contributed by atoms with Crippen LogP contribution in [0, 0.1) is 11.7 Å². The summed E-state index contributed by atoms with van der Waals surface area (Å²) in [6, 6.07) is 6.41. The SMILES string of the molecule is COC1(C(=O)N(Cc2ccc(F)cc2)CC2CC2)CCNCC1. The van der Waals surface area contributed by atoms with Gasteiger partial charge in [-0.25, -0.2) is 4.39 Å². The Bertz CT molecular complexity index is 536. The summed E-state index contributed by atoms with van der Waals surface area (Å²) in [6.45, 7) is 2.89. The molecule has 1 aromatic rings. The van der Waals surface area contributed by atoms with E-state index in [1.807, 2.05) is 4.90 Å². The highest BCUT2D eigenvalue weighted by molar-refractivity contribution is 5.85. The summed E-state index contributed by atoms with van der Waals surface area (Å²) in [4.78, 5) is 15.1. The maximum Gasteiger partial charge on any atom is 0.255 e. The molecule has 1 aromatic carbocycles. The smallest absolute Gasteiger partial charge is 0.255 e. The molecule has 5 heteroatoms. The van der Waals surface area contributed by atoms with Crippen LogP contribution in [0.15, 0.2) is 24.3 Å². The number of hydrogen-bond acceptors (Lipinski definition) is 3. The fourth-order valence-corrected chi connectivity index (χ4v) is 3.27. The molecule has 2 aliphatic rings. The van der Waals surface area contributed by atoms with Crippen LogP contribution in [0.2, 0.25) is 0 Å². The summed E-state index contributed by atoms with van der Waals surface area (Å²) in [6.07, 6.45) is 3.78. The normalized spacial score (nSPS) is 20.3. The van der Waals surface area contributed by atoms with Crippen LogP contribution in [-0.2, 0) is 16.1 Å². The first-order valence-electron chi connectivity index (χ1n) is 8.43. The minimum Gasteiger partial charge on any atom is -0.368 e. The molecule has 1 saturated carbocycles. The maximum absolute atomic E-state index is 13.2. The predicted molar refractivity (Wildman–Crippen MR) is 86.4 cm³/mol. The van der Waals surface area contributed by atoms with Crippen molar-refractivity contribution >= 4 is 5.91 Å². The van der Waals surface area contributed by atoms with Crippen molar-refractivity contribution in [3.63, 3.8) is 0 Å². The van der Waals surface area contributed by atoms with Crippen LogP contribution < -0.4 is 5.32 Å². The number of ether oxygens (including phenoxy) is 1. The third kappa shape index (κ3) is 3.90. The predicted octanol–water partition coefficient (Wildman–Crippen LogP) is 2.33. The van der Waals surface area contributed by atoms with Crippen molar-refractivity contribution in [1.82, 2.24) is 10.2 Å². The molecule has 1 N–H and O–H groups in total. The Kier molecular flexibility index (Phi) is 4.97. The molecule has 0 bridgehead atoms. The van der Waals surface area contributed by atoms with Gasteiger partial charge < -0.3 is 15.0 Å². The van der Waals surface area contributed by atoms with E-state index >= 15 is 0 Å². The maximum atomic E-state index is 13.2. The lowest BCUT2D eigenvalue weighted by Gasteiger charge is -2.39. The Balaban J connectivity index is 1.76. The fourth-order valence-electron chi connectivity index (χ4n) is 3.27. The van der Waals surface area contributed by atoms with E-state index in [0.29, 0.717) is 25.3 Å². The largest absolute Gasteiger partial charge is 0.368 e. The zero-order valence-electron chi connectivity index (χ0n) is 13.7. The van der Waals surface area contributed by atoms with Crippen LogP contribution >= 0.6 is 0 Å². The fraction of sp³-hybridized carbons (Fsp3) is 0.611. The van der Waals surface area contributed by atoms with Gasteiger partial charge in [0.1, 0.15) is 11.4 Å². The van der Waals surface area contributed by atoms with Gasteiger partial charge in [-0.05, 0) is 62.4 Å². The van der Waals surface area contributed by atoms with Crippen LogP contribution in [-0.4, -0.2) is 43.2 Å². The number of halogens is 1. The number of hydrogen-bond donors (Lipinski definition) is 1. The first-order valence-corrected chi connectivity index (χ1v) is 8.43. The molecular weight excluding hydrogens is 295 g/mol. The molecule has 2 fully saturated rings. The van der Waals surface area contributed by atoms with Crippen molar-refractivity contribution in [2.24, 2.45) is 5.92 Å². The molecule has 1 heterocycles. The number of methoxy groups -OCH3 is 1. The van der Waals surface area contributed by atoms with Crippen LogP contribution in [0.4, 0.5) is 4.39 Å². The van der Waals surface area contributed by atoms with Gasteiger partial charge in [-0.1, -0.05) is 12.1 Å². The van der Waals surface area contributed by atoms with Crippen LogP contribution in [0.1, 0.15) is 31.2 Å². The van der Waals surface area contributed by atoms with Gasteiger partial charge >= 0.3 is 0 Å². The molecule has 0 unspecified atom stereocenters. The number of carbonyl (C=O) groups is 1. The number of rotatable bonds is 6. The number of nitrogens with one attached hydrogen (secondary N) is 1. The van der Waals surface area contributed by atoms with Crippen molar-refractivity contribution in [3.8, 4) is 0 Å². The van der Waals surface area contributed by atoms with Gasteiger partial charge in [0.2, 0.25) is 0 Å². The number of piperidine rings is 1. The van der Waals surface area contributed by atoms with E-state index in [9.17, 15) is 9.18 Å². The molecule has 126 valence electrons. The third-order valence-electron chi connectivity index (χ3n) is 4.94. The minimum atomic E-state index is -0.708. The lowest BCUT2D eigenvalue weighted by molar-refractivity contribution is -0.159. The van der Waals surface area contributed by atoms with Gasteiger partial charge in [-0.15, -0.1) is 0 Å². The Labute approximate surface area is 137 Å². The molecule has 0 radical (unpaired) electrons. The number of carbonyl (C=O) groups excluding carboxylic acids is 1. The average molecular weight is 320 g/mol. The molecule has 1 aliphatic carbocycles. The Hall–Kier alpha value is -1.46. The number of nitrogens with zero attached hydrogens (tertiary/aromatic N) is 1. The summed E-state index contributed by atoms with van der Waals surface area (Å²) in [5, 5.41) is 3.28.